The number of hydrogen-bond donors (Lipinski definition) is 1. The Morgan fingerprint density at radius 1 is 1.14 bits per heavy atom. The van der Waals surface area contributed by atoms with E-state index in [9.17, 15) is 4.39 Å². The van der Waals surface area contributed by atoms with Crippen molar-refractivity contribution in [1.29, 1.82) is 0 Å². The molecular weight excluding hydrogens is 287 g/mol. The van der Waals surface area contributed by atoms with Gasteiger partial charge in [0.25, 0.3) is 0 Å². The standard InChI is InChI=1S/C17H16ClFN2/c1-20-10-12-2-5-17-13(8-12)6-7-21(17)11-14-3-4-15(19)9-16(14)18/h2-9,20H,10-11H2,1H3. The van der Waals surface area contributed by atoms with Crippen LogP contribution in [0.1, 0.15) is 11.1 Å². The zero-order valence-electron chi connectivity index (χ0n) is 11.7. The van der Waals surface area contributed by atoms with Crippen LogP contribution >= 0.6 is 11.6 Å². The Labute approximate surface area is 128 Å². The summed E-state index contributed by atoms with van der Waals surface area (Å²) in [6, 6.07) is 13.0. The van der Waals surface area contributed by atoms with Gasteiger partial charge in [0, 0.05) is 29.8 Å². The lowest BCUT2D eigenvalue weighted by molar-refractivity contribution is 0.626. The van der Waals surface area contributed by atoms with Crippen molar-refractivity contribution in [2.24, 2.45) is 0 Å². The van der Waals surface area contributed by atoms with Gasteiger partial charge in [0.05, 0.1) is 0 Å². The van der Waals surface area contributed by atoms with Crippen LogP contribution in [0.2, 0.25) is 5.02 Å². The van der Waals surface area contributed by atoms with E-state index in [1.165, 1.54) is 23.1 Å². The quantitative estimate of drug-likeness (QED) is 0.764. The predicted molar refractivity (Wildman–Crippen MR) is 85.2 cm³/mol. The van der Waals surface area contributed by atoms with E-state index in [-0.39, 0.29) is 5.82 Å². The Morgan fingerprint density at radius 3 is 2.76 bits per heavy atom. The average molecular weight is 303 g/mol. The van der Waals surface area contributed by atoms with Crippen molar-refractivity contribution in [2.45, 2.75) is 13.1 Å². The van der Waals surface area contributed by atoms with Crippen molar-refractivity contribution in [3.05, 3.63) is 70.6 Å². The van der Waals surface area contributed by atoms with Crippen molar-refractivity contribution in [3.63, 3.8) is 0 Å². The van der Waals surface area contributed by atoms with Gasteiger partial charge in [0.15, 0.2) is 0 Å². The van der Waals surface area contributed by atoms with Crippen LogP contribution in [0.4, 0.5) is 4.39 Å². The molecule has 1 aromatic heterocycles. The fourth-order valence-corrected chi connectivity index (χ4v) is 2.76. The van der Waals surface area contributed by atoms with Crippen molar-refractivity contribution >= 4 is 22.5 Å². The molecule has 2 nitrogen and oxygen atoms in total. The summed E-state index contributed by atoms with van der Waals surface area (Å²) in [6.07, 6.45) is 2.04. The maximum Gasteiger partial charge on any atom is 0.124 e. The zero-order chi connectivity index (χ0) is 14.8. The number of benzene rings is 2. The molecule has 0 saturated carbocycles. The first-order valence-corrected chi connectivity index (χ1v) is 7.21. The summed E-state index contributed by atoms with van der Waals surface area (Å²) < 4.78 is 15.2. The van der Waals surface area contributed by atoms with Gasteiger partial charge in [-0.2, -0.15) is 0 Å². The van der Waals surface area contributed by atoms with Crippen molar-refractivity contribution in [1.82, 2.24) is 9.88 Å². The topological polar surface area (TPSA) is 17.0 Å². The smallest absolute Gasteiger partial charge is 0.124 e. The molecule has 1 heterocycles. The van der Waals surface area contributed by atoms with E-state index in [2.05, 4.69) is 34.1 Å². The summed E-state index contributed by atoms with van der Waals surface area (Å²) in [6.45, 7) is 1.49. The van der Waals surface area contributed by atoms with Gasteiger partial charge in [-0.05, 0) is 53.9 Å². The van der Waals surface area contributed by atoms with Crippen LogP contribution in [0, 0.1) is 5.82 Å². The fraction of sp³-hybridized carbons (Fsp3) is 0.176. The Kier molecular flexibility index (Phi) is 3.95. The summed E-state index contributed by atoms with van der Waals surface area (Å²) in [5, 5.41) is 4.81. The minimum absolute atomic E-state index is 0.308. The monoisotopic (exact) mass is 302 g/mol. The van der Waals surface area contributed by atoms with E-state index >= 15 is 0 Å². The highest BCUT2D eigenvalue weighted by Crippen LogP contribution is 2.22. The Hall–Kier alpha value is -1.84. The first-order chi connectivity index (χ1) is 10.2. The van der Waals surface area contributed by atoms with Gasteiger partial charge in [0.1, 0.15) is 5.82 Å². The molecule has 0 radical (unpaired) electrons. The van der Waals surface area contributed by atoms with E-state index < -0.39 is 0 Å². The molecule has 0 atom stereocenters. The highest BCUT2D eigenvalue weighted by molar-refractivity contribution is 6.31. The number of nitrogens with zero attached hydrogens (tertiary/aromatic N) is 1. The Balaban J connectivity index is 1.94. The second-order valence-corrected chi connectivity index (χ2v) is 5.51. The molecule has 21 heavy (non-hydrogen) atoms. The van der Waals surface area contributed by atoms with Crippen molar-refractivity contribution in [3.8, 4) is 0 Å². The lowest BCUT2D eigenvalue weighted by atomic mass is 10.1. The molecule has 108 valence electrons. The highest BCUT2D eigenvalue weighted by Gasteiger charge is 2.06. The minimum atomic E-state index is -0.308. The average Bonchev–Trinajstić information content (AvgIpc) is 2.85. The van der Waals surface area contributed by atoms with Crippen LogP contribution in [-0.4, -0.2) is 11.6 Å². The normalized spacial score (nSPS) is 11.2. The van der Waals surface area contributed by atoms with Gasteiger partial charge in [-0.15, -0.1) is 0 Å². The number of aromatic nitrogens is 1. The molecule has 1 N–H and O–H groups in total. The first-order valence-electron chi connectivity index (χ1n) is 6.83. The Bertz CT molecular complexity index is 780. The van der Waals surface area contributed by atoms with Crippen molar-refractivity contribution < 1.29 is 4.39 Å². The molecule has 2 aromatic carbocycles. The summed E-state index contributed by atoms with van der Waals surface area (Å²) in [5.41, 5.74) is 3.31. The summed E-state index contributed by atoms with van der Waals surface area (Å²) in [7, 11) is 1.94. The van der Waals surface area contributed by atoms with E-state index in [4.69, 9.17) is 11.6 Å². The van der Waals surface area contributed by atoms with E-state index in [0.717, 1.165) is 17.6 Å². The maximum atomic E-state index is 13.1. The van der Waals surface area contributed by atoms with Crippen LogP contribution in [0.25, 0.3) is 10.9 Å². The number of rotatable bonds is 4. The molecule has 0 saturated heterocycles. The van der Waals surface area contributed by atoms with Gasteiger partial charge in [-0.3, -0.25) is 0 Å². The molecule has 0 aliphatic heterocycles. The second kappa shape index (κ2) is 5.88. The Morgan fingerprint density at radius 2 is 2.00 bits per heavy atom. The van der Waals surface area contributed by atoms with Gasteiger partial charge < -0.3 is 9.88 Å². The number of halogens is 2. The molecular formula is C17H16ClFN2. The van der Waals surface area contributed by atoms with Crippen LogP contribution in [0.5, 0.6) is 0 Å². The molecule has 0 fully saturated rings. The molecule has 0 aliphatic carbocycles. The SMILES string of the molecule is CNCc1ccc2c(ccn2Cc2ccc(F)cc2Cl)c1. The number of fused-ring (bicyclic) bond motifs is 1. The van der Waals surface area contributed by atoms with Gasteiger partial charge in [-0.1, -0.05) is 23.7 Å². The molecule has 0 unspecified atom stereocenters. The molecule has 3 rings (SSSR count). The van der Waals surface area contributed by atoms with Gasteiger partial charge in [0.2, 0.25) is 0 Å². The third-order valence-corrected chi connectivity index (χ3v) is 3.92. The van der Waals surface area contributed by atoms with E-state index in [0.29, 0.717) is 11.6 Å². The van der Waals surface area contributed by atoms with Crippen LogP contribution in [-0.2, 0) is 13.1 Å². The van der Waals surface area contributed by atoms with Gasteiger partial charge >= 0.3 is 0 Å². The second-order valence-electron chi connectivity index (χ2n) is 5.10. The van der Waals surface area contributed by atoms with E-state index in [1.807, 2.05) is 13.2 Å². The predicted octanol–water partition coefficient (Wildman–Crippen LogP) is 4.20. The third kappa shape index (κ3) is 2.94. The number of hydrogen-bond acceptors (Lipinski definition) is 1. The summed E-state index contributed by atoms with van der Waals surface area (Å²) in [4.78, 5) is 0. The lowest BCUT2D eigenvalue weighted by Gasteiger charge is -2.08. The van der Waals surface area contributed by atoms with Crippen LogP contribution < -0.4 is 5.32 Å². The van der Waals surface area contributed by atoms with Crippen LogP contribution in [0.15, 0.2) is 48.7 Å². The summed E-state index contributed by atoms with van der Waals surface area (Å²) in [5.74, 6) is -0.308. The van der Waals surface area contributed by atoms with E-state index in [1.54, 1.807) is 6.07 Å². The molecule has 0 amide bonds. The minimum Gasteiger partial charge on any atom is -0.343 e. The maximum absolute atomic E-state index is 13.1. The molecule has 4 heteroatoms. The fourth-order valence-electron chi connectivity index (χ4n) is 2.54. The zero-order valence-corrected chi connectivity index (χ0v) is 12.5. The van der Waals surface area contributed by atoms with Crippen molar-refractivity contribution in [2.75, 3.05) is 7.05 Å². The lowest BCUT2D eigenvalue weighted by Crippen LogP contribution is -2.04. The molecule has 0 spiro atoms. The first kappa shape index (κ1) is 14.1. The third-order valence-electron chi connectivity index (χ3n) is 3.57. The highest BCUT2D eigenvalue weighted by atomic mass is 35.5. The molecule has 3 aromatic rings. The summed E-state index contributed by atoms with van der Waals surface area (Å²) >= 11 is 6.10. The molecule has 0 bridgehead atoms. The molecule has 0 aliphatic rings. The van der Waals surface area contributed by atoms with Crippen LogP contribution in [0.3, 0.4) is 0 Å². The van der Waals surface area contributed by atoms with Gasteiger partial charge in [-0.25, -0.2) is 4.39 Å². The number of nitrogens with one attached hydrogen (secondary N) is 1. The largest absolute Gasteiger partial charge is 0.343 e.